The van der Waals surface area contributed by atoms with E-state index in [4.69, 9.17) is 4.74 Å². The summed E-state index contributed by atoms with van der Waals surface area (Å²) in [6, 6.07) is 0. The molecule has 0 heterocycles. The molecule has 0 aliphatic rings. The van der Waals surface area contributed by atoms with Crippen LogP contribution in [0.5, 0.6) is 0 Å². The lowest BCUT2D eigenvalue weighted by atomic mass is 10.0. The van der Waals surface area contributed by atoms with Gasteiger partial charge in [0, 0.05) is 6.54 Å². The number of aliphatic hydroxyl groups excluding tert-OH is 1. The second-order valence-electron chi connectivity index (χ2n) is 9.73. The Hall–Kier alpha value is -0.610. The second kappa shape index (κ2) is 25.0. The minimum absolute atomic E-state index is 0.0101. The smallest absolute Gasteiger partial charge is 0.308 e. The van der Waals surface area contributed by atoms with Crippen LogP contribution in [0.15, 0.2) is 0 Å². The van der Waals surface area contributed by atoms with Gasteiger partial charge in [0.15, 0.2) is 0 Å². The van der Waals surface area contributed by atoms with E-state index in [2.05, 4.69) is 18.7 Å². The number of carbonyl (C=O) groups excluding carboxylic acids is 1. The molecule has 0 aliphatic carbocycles. The largest absolute Gasteiger partial charge is 0.465 e. The molecule has 0 spiro atoms. The molecule has 0 aromatic carbocycles. The maximum Gasteiger partial charge on any atom is 0.308 e. The van der Waals surface area contributed by atoms with Gasteiger partial charge in [-0.1, -0.05) is 111 Å². The molecule has 0 rings (SSSR count). The van der Waals surface area contributed by atoms with E-state index in [1.165, 1.54) is 96.3 Å². The van der Waals surface area contributed by atoms with Gasteiger partial charge >= 0.3 is 5.97 Å². The van der Waals surface area contributed by atoms with Crippen molar-refractivity contribution < 1.29 is 14.6 Å². The van der Waals surface area contributed by atoms with E-state index in [0.717, 1.165) is 38.9 Å². The molecule has 0 aromatic rings. The summed E-state index contributed by atoms with van der Waals surface area (Å²) >= 11 is 0. The molecule has 1 atom stereocenters. The number of nitrogens with zero attached hydrogens (tertiary/aromatic N) is 1. The zero-order valence-electron chi connectivity index (χ0n) is 22.1. The molecule has 4 nitrogen and oxygen atoms in total. The van der Waals surface area contributed by atoms with Crippen molar-refractivity contribution in [3.63, 3.8) is 0 Å². The molecule has 0 aromatic heterocycles. The van der Waals surface area contributed by atoms with Crippen LogP contribution in [0.2, 0.25) is 0 Å². The summed E-state index contributed by atoms with van der Waals surface area (Å²) in [5.41, 5.74) is 0. The van der Waals surface area contributed by atoms with E-state index >= 15 is 0 Å². The Morgan fingerprint density at radius 3 is 1.69 bits per heavy atom. The average Bonchev–Trinajstić information content (AvgIpc) is 2.79. The summed E-state index contributed by atoms with van der Waals surface area (Å²) < 4.78 is 5.47. The quantitative estimate of drug-likeness (QED) is 0.114. The number of aliphatic hydroxyl groups is 1. The zero-order chi connectivity index (χ0) is 23.7. The van der Waals surface area contributed by atoms with Gasteiger partial charge in [0.1, 0.15) is 0 Å². The van der Waals surface area contributed by atoms with Crippen molar-refractivity contribution in [1.29, 1.82) is 0 Å². The van der Waals surface area contributed by atoms with Crippen LogP contribution in [0.3, 0.4) is 0 Å². The van der Waals surface area contributed by atoms with Crippen molar-refractivity contribution in [2.45, 2.75) is 136 Å². The predicted molar refractivity (Wildman–Crippen MR) is 138 cm³/mol. The third kappa shape index (κ3) is 21.2. The summed E-state index contributed by atoms with van der Waals surface area (Å²) in [7, 11) is 0. The molecule has 0 aliphatic heterocycles. The molecule has 4 heteroatoms. The summed E-state index contributed by atoms with van der Waals surface area (Å²) in [4.78, 5) is 14.5. The van der Waals surface area contributed by atoms with Crippen molar-refractivity contribution in [2.24, 2.45) is 5.92 Å². The molecule has 0 radical (unpaired) electrons. The number of carbonyl (C=O) groups is 1. The lowest BCUT2D eigenvalue weighted by Gasteiger charge is -2.21. The van der Waals surface area contributed by atoms with Gasteiger partial charge in [-0.05, 0) is 38.8 Å². The normalized spacial score (nSPS) is 12.4. The second-order valence-corrected chi connectivity index (χ2v) is 9.73. The van der Waals surface area contributed by atoms with Crippen LogP contribution in [-0.2, 0) is 9.53 Å². The zero-order valence-corrected chi connectivity index (χ0v) is 22.1. The Bertz CT molecular complexity index is 389. The Kier molecular flexibility index (Phi) is 24.5. The van der Waals surface area contributed by atoms with Crippen LogP contribution >= 0.6 is 0 Å². The van der Waals surface area contributed by atoms with Crippen molar-refractivity contribution in [3.05, 3.63) is 0 Å². The van der Waals surface area contributed by atoms with Gasteiger partial charge in [-0.15, -0.1) is 0 Å². The first-order valence-electron chi connectivity index (χ1n) is 14.2. The van der Waals surface area contributed by atoms with E-state index in [9.17, 15) is 9.90 Å². The molecular weight excluding hydrogens is 398 g/mol. The first kappa shape index (κ1) is 31.4. The highest BCUT2D eigenvalue weighted by molar-refractivity contribution is 5.71. The first-order valence-corrected chi connectivity index (χ1v) is 14.2. The van der Waals surface area contributed by atoms with E-state index in [-0.39, 0.29) is 18.5 Å². The Morgan fingerprint density at radius 1 is 0.688 bits per heavy atom. The van der Waals surface area contributed by atoms with Crippen molar-refractivity contribution >= 4 is 5.97 Å². The third-order valence-corrected chi connectivity index (χ3v) is 6.50. The highest BCUT2D eigenvalue weighted by Crippen LogP contribution is 2.14. The Morgan fingerprint density at radius 2 is 1.16 bits per heavy atom. The Labute approximate surface area is 200 Å². The monoisotopic (exact) mass is 455 g/mol. The highest BCUT2D eigenvalue weighted by atomic mass is 16.5. The van der Waals surface area contributed by atoms with Crippen LogP contribution in [0.4, 0.5) is 0 Å². The van der Waals surface area contributed by atoms with Crippen LogP contribution in [0.25, 0.3) is 0 Å². The lowest BCUT2D eigenvalue weighted by molar-refractivity contribution is -0.148. The molecule has 0 saturated carbocycles. The van der Waals surface area contributed by atoms with E-state index in [0.29, 0.717) is 6.61 Å². The fourth-order valence-corrected chi connectivity index (χ4v) is 4.22. The SMILES string of the molecule is CCCCCCCCCOC(=O)C(C)CCCCCCN(CCO)CCCCCCCC. The van der Waals surface area contributed by atoms with E-state index in [1.807, 2.05) is 6.92 Å². The molecule has 192 valence electrons. The average molecular weight is 456 g/mol. The van der Waals surface area contributed by atoms with Gasteiger partial charge in [0.05, 0.1) is 19.1 Å². The van der Waals surface area contributed by atoms with Crippen molar-refractivity contribution in [1.82, 2.24) is 4.90 Å². The topological polar surface area (TPSA) is 49.8 Å². The van der Waals surface area contributed by atoms with Crippen LogP contribution in [0, 0.1) is 5.92 Å². The number of ether oxygens (including phenoxy) is 1. The minimum atomic E-state index is -0.0101. The van der Waals surface area contributed by atoms with E-state index < -0.39 is 0 Å². The third-order valence-electron chi connectivity index (χ3n) is 6.50. The number of unbranched alkanes of at least 4 members (excludes halogenated alkanes) is 14. The molecule has 0 bridgehead atoms. The fraction of sp³-hybridized carbons (Fsp3) is 0.964. The van der Waals surface area contributed by atoms with E-state index in [1.54, 1.807) is 0 Å². The van der Waals surface area contributed by atoms with Crippen LogP contribution in [0.1, 0.15) is 136 Å². The molecule has 1 N–H and O–H groups in total. The molecule has 0 saturated heterocycles. The van der Waals surface area contributed by atoms with Gasteiger partial charge in [-0.25, -0.2) is 0 Å². The highest BCUT2D eigenvalue weighted by Gasteiger charge is 2.13. The van der Waals surface area contributed by atoms with Crippen LogP contribution in [-0.4, -0.2) is 48.8 Å². The van der Waals surface area contributed by atoms with Crippen molar-refractivity contribution in [2.75, 3.05) is 32.8 Å². The minimum Gasteiger partial charge on any atom is -0.465 e. The predicted octanol–water partition coefficient (Wildman–Crippen LogP) is 7.52. The molecule has 0 fully saturated rings. The number of hydrogen-bond donors (Lipinski definition) is 1. The number of rotatable bonds is 25. The van der Waals surface area contributed by atoms with Gasteiger partial charge in [-0.2, -0.15) is 0 Å². The fourth-order valence-electron chi connectivity index (χ4n) is 4.22. The summed E-state index contributed by atoms with van der Waals surface area (Å²) in [6.07, 6.45) is 22.3. The summed E-state index contributed by atoms with van der Waals surface area (Å²) in [6.45, 7) is 10.4. The van der Waals surface area contributed by atoms with Crippen LogP contribution < -0.4 is 0 Å². The maximum atomic E-state index is 12.1. The van der Waals surface area contributed by atoms with Gasteiger partial charge in [0.25, 0.3) is 0 Å². The molecule has 32 heavy (non-hydrogen) atoms. The molecule has 0 amide bonds. The molecule has 1 unspecified atom stereocenters. The lowest BCUT2D eigenvalue weighted by Crippen LogP contribution is -2.29. The number of hydrogen-bond acceptors (Lipinski definition) is 4. The number of esters is 1. The standard InChI is InChI=1S/C28H57NO3/c1-4-6-8-10-12-16-20-26-32-28(31)27(3)21-17-13-15-19-23-29(24-25-30)22-18-14-11-9-7-5-2/h27,30H,4-26H2,1-3H3. The first-order chi connectivity index (χ1) is 15.7. The van der Waals surface area contributed by atoms with Gasteiger partial charge in [-0.3, -0.25) is 4.79 Å². The summed E-state index contributed by atoms with van der Waals surface area (Å²) in [5, 5.41) is 9.31. The maximum absolute atomic E-state index is 12.1. The van der Waals surface area contributed by atoms with Crippen molar-refractivity contribution in [3.8, 4) is 0 Å². The summed E-state index contributed by atoms with van der Waals surface area (Å²) in [5.74, 6) is 0.0159. The Balaban J connectivity index is 3.62. The molecular formula is C28H57NO3. The van der Waals surface area contributed by atoms with Gasteiger partial charge in [0.2, 0.25) is 0 Å². The van der Waals surface area contributed by atoms with Gasteiger partial charge < -0.3 is 14.7 Å².